The predicted molar refractivity (Wildman–Crippen MR) is 87.5 cm³/mol. The van der Waals surface area contributed by atoms with Gasteiger partial charge in [0.25, 0.3) is 0 Å². The van der Waals surface area contributed by atoms with Crippen molar-refractivity contribution in [3.8, 4) is 0 Å². The molecule has 0 aliphatic carbocycles. The van der Waals surface area contributed by atoms with Crippen LogP contribution in [0.3, 0.4) is 0 Å². The molecule has 2 rings (SSSR count). The van der Waals surface area contributed by atoms with Crippen LogP contribution in [0.4, 0.5) is 11.5 Å². The van der Waals surface area contributed by atoms with E-state index in [1.54, 1.807) is 0 Å². The van der Waals surface area contributed by atoms with E-state index >= 15 is 0 Å². The summed E-state index contributed by atoms with van der Waals surface area (Å²) in [5.74, 6) is 0.375. The summed E-state index contributed by atoms with van der Waals surface area (Å²) in [5.41, 5.74) is 1.11. The van der Waals surface area contributed by atoms with E-state index in [0.29, 0.717) is 23.9 Å². The summed E-state index contributed by atoms with van der Waals surface area (Å²) < 4.78 is 0. The lowest BCUT2D eigenvalue weighted by atomic mass is 10.2. The predicted octanol–water partition coefficient (Wildman–Crippen LogP) is 3.69. The Morgan fingerprint density at radius 3 is 2.36 bits per heavy atom. The summed E-state index contributed by atoms with van der Waals surface area (Å²) in [5, 5.41) is 11.9. The molecule has 1 aromatic carbocycles. The highest BCUT2D eigenvalue weighted by atomic mass is 32.2. The van der Waals surface area contributed by atoms with Crippen LogP contribution in [-0.4, -0.2) is 28.0 Å². The van der Waals surface area contributed by atoms with Gasteiger partial charge in [-0.2, -0.15) is 0 Å². The minimum atomic E-state index is -0.399. The zero-order valence-corrected chi connectivity index (χ0v) is 13.6. The molecular formula is C15H18N4O2S. The Labute approximate surface area is 133 Å². The maximum atomic E-state index is 11.5. The van der Waals surface area contributed by atoms with Crippen molar-refractivity contribution in [2.24, 2.45) is 0 Å². The van der Waals surface area contributed by atoms with Gasteiger partial charge < -0.3 is 4.90 Å². The minimum Gasteiger partial charge on any atom is -0.351 e. The Hall–Kier alpha value is -2.15. The van der Waals surface area contributed by atoms with Crippen LogP contribution < -0.4 is 4.90 Å². The summed E-state index contributed by atoms with van der Waals surface area (Å²) >= 11 is 1.28. The third-order valence-corrected chi connectivity index (χ3v) is 4.25. The Kier molecular flexibility index (Phi) is 5.32. The number of hydrogen-bond acceptors (Lipinski definition) is 6. The number of nitrogens with zero attached hydrogens (tertiary/aromatic N) is 4. The van der Waals surface area contributed by atoms with Gasteiger partial charge in [-0.15, -0.1) is 0 Å². The molecule has 116 valence electrons. The van der Waals surface area contributed by atoms with E-state index in [9.17, 15) is 10.1 Å². The van der Waals surface area contributed by atoms with Crippen molar-refractivity contribution in [1.82, 2.24) is 9.97 Å². The second-order valence-corrected chi connectivity index (χ2v) is 5.76. The fourth-order valence-electron chi connectivity index (χ4n) is 2.06. The summed E-state index contributed by atoms with van der Waals surface area (Å²) in [7, 11) is 0. The average molecular weight is 318 g/mol. The summed E-state index contributed by atoms with van der Waals surface area (Å²) in [6, 6.07) is 7.81. The normalized spacial score (nSPS) is 10.5. The lowest BCUT2D eigenvalue weighted by Crippen LogP contribution is -2.24. The summed E-state index contributed by atoms with van der Waals surface area (Å²) in [6.45, 7) is 7.20. The van der Waals surface area contributed by atoms with E-state index in [1.807, 2.05) is 49.9 Å². The molecule has 0 atom stereocenters. The third-order valence-electron chi connectivity index (χ3n) is 3.25. The van der Waals surface area contributed by atoms with Crippen molar-refractivity contribution in [2.45, 2.75) is 30.7 Å². The van der Waals surface area contributed by atoms with Gasteiger partial charge in [-0.1, -0.05) is 29.5 Å². The first-order chi connectivity index (χ1) is 10.6. The first kappa shape index (κ1) is 16.2. The van der Waals surface area contributed by atoms with Gasteiger partial charge in [0.2, 0.25) is 5.82 Å². The molecule has 1 aromatic heterocycles. The number of hydrogen-bond donors (Lipinski definition) is 0. The minimum absolute atomic E-state index is 0.0308. The van der Waals surface area contributed by atoms with Crippen molar-refractivity contribution >= 4 is 23.3 Å². The van der Waals surface area contributed by atoms with Crippen LogP contribution in [0, 0.1) is 17.0 Å². The zero-order chi connectivity index (χ0) is 16.1. The van der Waals surface area contributed by atoms with E-state index in [0.717, 1.165) is 10.5 Å². The highest BCUT2D eigenvalue weighted by molar-refractivity contribution is 7.99. The van der Waals surface area contributed by atoms with Crippen LogP contribution >= 0.6 is 11.8 Å². The molecule has 0 N–H and O–H groups in total. The molecule has 0 bridgehead atoms. The second-order valence-electron chi connectivity index (χ2n) is 4.70. The van der Waals surface area contributed by atoms with Crippen LogP contribution in [0.5, 0.6) is 0 Å². The molecule has 22 heavy (non-hydrogen) atoms. The molecule has 1 heterocycles. The lowest BCUT2D eigenvalue weighted by molar-refractivity contribution is -0.387. The van der Waals surface area contributed by atoms with Crippen molar-refractivity contribution in [2.75, 3.05) is 18.0 Å². The molecule has 0 aliphatic rings. The maximum absolute atomic E-state index is 11.5. The van der Waals surface area contributed by atoms with Gasteiger partial charge in [0.1, 0.15) is 6.33 Å². The highest BCUT2D eigenvalue weighted by Crippen LogP contribution is 2.37. The van der Waals surface area contributed by atoms with E-state index in [4.69, 9.17) is 0 Å². The molecule has 7 heteroatoms. The van der Waals surface area contributed by atoms with Crippen molar-refractivity contribution in [1.29, 1.82) is 0 Å². The van der Waals surface area contributed by atoms with Crippen molar-refractivity contribution in [3.05, 3.63) is 46.3 Å². The van der Waals surface area contributed by atoms with E-state index in [-0.39, 0.29) is 5.69 Å². The Morgan fingerprint density at radius 2 is 1.82 bits per heavy atom. The Balaban J connectivity index is 2.44. The average Bonchev–Trinajstić information content (AvgIpc) is 2.51. The van der Waals surface area contributed by atoms with Gasteiger partial charge >= 0.3 is 5.69 Å². The number of aromatic nitrogens is 2. The van der Waals surface area contributed by atoms with Gasteiger partial charge in [0.05, 0.1) is 4.92 Å². The first-order valence-electron chi connectivity index (χ1n) is 7.05. The Bertz CT molecular complexity index is 657. The van der Waals surface area contributed by atoms with Crippen LogP contribution in [0.15, 0.2) is 40.5 Å². The van der Waals surface area contributed by atoms with E-state index in [2.05, 4.69) is 9.97 Å². The standard InChI is InChI=1S/C15H18N4O2S/c1-4-18(5-2)14-13(19(20)21)15(17-10-16-14)22-12-8-6-11(3)7-9-12/h6-10H,4-5H2,1-3H3. The molecule has 0 amide bonds. The molecule has 0 radical (unpaired) electrons. The molecule has 0 aliphatic heterocycles. The van der Waals surface area contributed by atoms with E-state index in [1.165, 1.54) is 18.1 Å². The monoisotopic (exact) mass is 318 g/mol. The third kappa shape index (κ3) is 3.54. The smallest absolute Gasteiger partial charge is 0.343 e. The van der Waals surface area contributed by atoms with Gasteiger partial charge in [0, 0.05) is 18.0 Å². The maximum Gasteiger partial charge on any atom is 0.343 e. The number of benzene rings is 1. The molecule has 0 saturated heterocycles. The molecular weight excluding hydrogens is 300 g/mol. The van der Waals surface area contributed by atoms with Crippen molar-refractivity contribution in [3.63, 3.8) is 0 Å². The first-order valence-corrected chi connectivity index (χ1v) is 7.87. The molecule has 6 nitrogen and oxygen atoms in total. The number of aryl methyl sites for hydroxylation is 1. The van der Waals surface area contributed by atoms with Crippen LogP contribution in [0.1, 0.15) is 19.4 Å². The summed E-state index contributed by atoms with van der Waals surface area (Å²) in [6.07, 6.45) is 1.39. The van der Waals surface area contributed by atoms with Gasteiger partial charge in [-0.05, 0) is 32.9 Å². The second kappa shape index (κ2) is 7.22. The molecule has 2 aromatic rings. The van der Waals surface area contributed by atoms with Crippen LogP contribution in [0.2, 0.25) is 0 Å². The Morgan fingerprint density at radius 1 is 1.18 bits per heavy atom. The topological polar surface area (TPSA) is 72.2 Å². The SMILES string of the molecule is CCN(CC)c1ncnc(Sc2ccc(C)cc2)c1[N+](=O)[O-]. The number of rotatable bonds is 6. The fourth-order valence-corrected chi connectivity index (χ4v) is 2.92. The van der Waals surface area contributed by atoms with Crippen LogP contribution in [0.25, 0.3) is 0 Å². The fraction of sp³-hybridized carbons (Fsp3) is 0.333. The molecule has 0 saturated carbocycles. The van der Waals surface area contributed by atoms with Crippen molar-refractivity contribution < 1.29 is 4.92 Å². The largest absolute Gasteiger partial charge is 0.351 e. The molecule has 0 fully saturated rings. The zero-order valence-electron chi connectivity index (χ0n) is 12.8. The van der Waals surface area contributed by atoms with Crippen LogP contribution in [-0.2, 0) is 0 Å². The highest BCUT2D eigenvalue weighted by Gasteiger charge is 2.26. The number of nitro groups is 1. The molecule has 0 unspecified atom stereocenters. The van der Waals surface area contributed by atoms with E-state index < -0.39 is 4.92 Å². The molecule has 0 spiro atoms. The van der Waals surface area contributed by atoms with Gasteiger partial charge in [-0.25, -0.2) is 9.97 Å². The number of anilines is 1. The van der Waals surface area contributed by atoms with Gasteiger partial charge in [-0.3, -0.25) is 10.1 Å². The summed E-state index contributed by atoms with van der Waals surface area (Å²) in [4.78, 5) is 22.1. The van der Waals surface area contributed by atoms with Gasteiger partial charge in [0.15, 0.2) is 5.03 Å². The quantitative estimate of drug-likeness (QED) is 0.459. The lowest BCUT2D eigenvalue weighted by Gasteiger charge is -2.19.